The van der Waals surface area contributed by atoms with Crippen LogP contribution in [0.1, 0.15) is 13.3 Å². The zero-order valence-corrected chi connectivity index (χ0v) is 20.7. The molecule has 5 rings (SSSR count). The highest BCUT2D eigenvalue weighted by molar-refractivity contribution is 5.89. The Morgan fingerprint density at radius 1 is 1.33 bits per heavy atom. The molecule has 1 aliphatic heterocycles. The summed E-state index contributed by atoms with van der Waals surface area (Å²) in [5.41, 5.74) is 0.932. The third-order valence-corrected chi connectivity index (χ3v) is 6.37. The molecular weight excluding hydrogens is 531 g/mol. The molecule has 0 aliphatic carbocycles. The van der Waals surface area contributed by atoms with Gasteiger partial charge in [0.1, 0.15) is 24.2 Å². The molecule has 208 valence electrons. The van der Waals surface area contributed by atoms with Gasteiger partial charge in [-0.15, -0.1) is 10.2 Å². The van der Waals surface area contributed by atoms with Crippen molar-refractivity contribution in [1.82, 2.24) is 34.5 Å². The maximum atomic E-state index is 15.3. The molecule has 0 radical (unpaired) electrons. The molecule has 1 amide bonds. The highest BCUT2D eigenvalue weighted by Crippen LogP contribution is 2.36. The molecule has 0 saturated carbocycles. The second-order valence-electron chi connectivity index (χ2n) is 9.33. The maximum Gasteiger partial charge on any atom is 0.285 e. The van der Waals surface area contributed by atoms with Crippen molar-refractivity contribution >= 4 is 28.4 Å². The van der Waals surface area contributed by atoms with E-state index in [4.69, 9.17) is 9.84 Å². The number of carbonyl (C=O) groups is 1. The first-order chi connectivity index (χ1) is 18.4. The normalized spacial score (nSPS) is 17.6. The van der Waals surface area contributed by atoms with Gasteiger partial charge in [-0.3, -0.25) is 4.79 Å². The van der Waals surface area contributed by atoms with E-state index in [1.54, 1.807) is 0 Å². The van der Waals surface area contributed by atoms with Gasteiger partial charge in [-0.2, -0.15) is 4.98 Å². The van der Waals surface area contributed by atoms with Crippen molar-refractivity contribution in [1.29, 1.82) is 0 Å². The summed E-state index contributed by atoms with van der Waals surface area (Å²) in [7, 11) is 1.26. The number of fused-ring (bicyclic) bond motifs is 2. The standard InChI is InChI=1S/C23H23F5N8O3/c1-22(25,26)10-36-15-7-12(3-4-14(15)31-33-36)18-13(24)8-35-19(18)20(39-2)30-21(32-35)29-16-5-6-34(17(38)9-37)11-23(16,27)28/h3-4,7-8,16,37H,5-6,9-11H2,1-2H3,(H,29,32)/t16-/m1/s1. The first-order valence-corrected chi connectivity index (χ1v) is 11.8. The number of amides is 1. The van der Waals surface area contributed by atoms with Gasteiger partial charge in [0, 0.05) is 13.5 Å². The number of aliphatic hydroxyl groups is 1. The number of benzene rings is 1. The fraction of sp³-hybridized carbons (Fsp3) is 0.435. The predicted octanol–water partition coefficient (Wildman–Crippen LogP) is 2.58. The number of halogens is 5. The third kappa shape index (κ3) is 5.03. The quantitative estimate of drug-likeness (QED) is 0.335. The molecule has 0 spiro atoms. The highest BCUT2D eigenvalue weighted by Gasteiger charge is 2.46. The lowest BCUT2D eigenvalue weighted by atomic mass is 10.0. The number of nitrogens with zero attached hydrogens (tertiary/aromatic N) is 7. The monoisotopic (exact) mass is 554 g/mol. The lowest BCUT2D eigenvalue weighted by Crippen LogP contribution is -2.56. The molecule has 1 fully saturated rings. The largest absolute Gasteiger partial charge is 0.479 e. The van der Waals surface area contributed by atoms with Crippen LogP contribution in [0.3, 0.4) is 0 Å². The number of hydrogen-bond donors (Lipinski definition) is 2. The van der Waals surface area contributed by atoms with Gasteiger partial charge in [0.2, 0.25) is 17.7 Å². The van der Waals surface area contributed by atoms with Crippen LogP contribution in [0.25, 0.3) is 27.7 Å². The van der Waals surface area contributed by atoms with E-state index in [-0.39, 0.29) is 47.0 Å². The highest BCUT2D eigenvalue weighted by atomic mass is 19.3. The average molecular weight is 554 g/mol. The smallest absolute Gasteiger partial charge is 0.285 e. The van der Waals surface area contributed by atoms with E-state index in [1.165, 1.54) is 25.3 Å². The van der Waals surface area contributed by atoms with Crippen LogP contribution >= 0.6 is 0 Å². The number of hydrogen-bond acceptors (Lipinski definition) is 8. The predicted molar refractivity (Wildman–Crippen MR) is 127 cm³/mol. The molecule has 0 unspecified atom stereocenters. The molecular formula is C23H23F5N8O3. The first-order valence-electron chi connectivity index (χ1n) is 11.8. The summed E-state index contributed by atoms with van der Waals surface area (Å²) < 4.78 is 79.5. The summed E-state index contributed by atoms with van der Waals surface area (Å²) in [6.45, 7) is -1.78. The number of anilines is 1. The third-order valence-electron chi connectivity index (χ3n) is 6.37. The van der Waals surface area contributed by atoms with Crippen molar-refractivity contribution in [2.45, 2.75) is 37.8 Å². The zero-order chi connectivity index (χ0) is 28.1. The summed E-state index contributed by atoms with van der Waals surface area (Å²) in [6, 6.07) is 3.03. The summed E-state index contributed by atoms with van der Waals surface area (Å²) in [6.07, 6.45) is 0.854. The number of likely N-dealkylation sites (tertiary alicyclic amines) is 1. The fourth-order valence-corrected chi connectivity index (χ4v) is 4.59. The summed E-state index contributed by atoms with van der Waals surface area (Å²) >= 11 is 0. The van der Waals surface area contributed by atoms with Gasteiger partial charge < -0.3 is 20.1 Å². The Morgan fingerprint density at radius 3 is 2.77 bits per heavy atom. The molecule has 0 bridgehead atoms. The van der Waals surface area contributed by atoms with Crippen molar-refractivity contribution in [3.8, 4) is 17.0 Å². The number of nitrogens with one attached hydrogen (secondary N) is 1. The Hall–Kier alpha value is -4.08. The molecule has 11 nitrogen and oxygen atoms in total. The number of ether oxygens (including phenoxy) is 1. The molecule has 1 aliphatic rings. The second kappa shape index (κ2) is 9.59. The van der Waals surface area contributed by atoms with E-state index in [1.807, 2.05) is 0 Å². The summed E-state index contributed by atoms with van der Waals surface area (Å²) in [4.78, 5) is 16.7. The van der Waals surface area contributed by atoms with Gasteiger partial charge in [0.05, 0.1) is 37.0 Å². The lowest BCUT2D eigenvalue weighted by molar-refractivity contribution is -0.145. The Bertz CT molecular complexity index is 1550. The number of aliphatic hydroxyl groups excluding tert-OH is 1. The van der Waals surface area contributed by atoms with E-state index >= 15 is 4.39 Å². The van der Waals surface area contributed by atoms with Crippen LogP contribution in [-0.2, 0) is 11.3 Å². The Labute approximate surface area is 217 Å². The van der Waals surface area contributed by atoms with Crippen molar-refractivity contribution in [2.24, 2.45) is 0 Å². The number of aromatic nitrogens is 6. The molecule has 3 aromatic heterocycles. The summed E-state index contributed by atoms with van der Waals surface area (Å²) in [5.74, 6) is -8.38. The van der Waals surface area contributed by atoms with E-state index in [2.05, 4.69) is 25.7 Å². The van der Waals surface area contributed by atoms with Crippen LogP contribution in [0, 0.1) is 5.82 Å². The molecule has 2 N–H and O–H groups in total. The molecule has 16 heteroatoms. The van der Waals surface area contributed by atoms with Crippen LogP contribution in [0.5, 0.6) is 5.88 Å². The van der Waals surface area contributed by atoms with Gasteiger partial charge in [0.25, 0.3) is 11.8 Å². The van der Waals surface area contributed by atoms with E-state index in [9.17, 15) is 22.4 Å². The summed E-state index contributed by atoms with van der Waals surface area (Å²) in [5, 5.41) is 23.3. The van der Waals surface area contributed by atoms with Gasteiger partial charge in [-0.05, 0) is 24.1 Å². The topological polar surface area (TPSA) is 123 Å². The van der Waals surface area contributed by atoms with Crippen LogP contribution < -0.4 is 10.1 Å². The fourth-order valence-electron chi connectivity index (χ4n) is 4.59. The maximum absolute atomic E-state index is 15.3. The number of piperidine rings is 1. The number of carbonyl (C=O) groups excluding carboxylic acids is 1. The van der Waals surface area contributed by atoms with Gasteiger partial charge in [-0.1, -0.05) is 11.3 Å². The molecule has 1 saturated heterocycles. The van der Waals surface area contributed by atoms with Crippen molar-refractivity contribution in [2.75, 3.05) is 32.1 Å². The number of alkyl halides is 4. The minimum atomic E-state index is -3.37. The Kier molecular flexibility index (Phi) is 6.52. The van der Waals surface area contributed by atoms with Crippen LogP contribution in [0.4, 0.5) is 27.9 Å². The molecule has 1 aromatic carbocycles. The van der Waals surface area contributed by atoms with Crippen LogP contribution in [0.2, 0.25) is 0 Å². The SMILES string of the molecule is COc1nc(N[C@@H]2CCN(C(=O)CO)CC2(F)F)nn2cc(F)c(-c3ccc4nnn(CC(C)(F)F)c4c3)c12. The Morgan fingerprint density at radius 2 is 2.10 bits per heavy atom. The average Bonchev–Trinajstić information content (AvgIpc) is 3.42. The molecule has 4 heterocycles. The van der Waals surface area contributed by atoms with Gasteiger partial charge in [0.15, 0.2) is 5.82 Å². The van der Waals surface area contributed by atoms with Gasteiger partial charge >= 0.3 is 0 Å². The minimum Gasteiger partial charge on any atom is -0.479 e. The number of methoxy groups -OCH3 is 1. The van der Waals surface area contributed by atoms with Crippen molar-refractivity contribution < 1.29 is 36.6 Å². The van der Waals surface area contributed by atoms with E-state index < -0.39 is 49.3 Å². The lowest BCUT2D eigenvalue weighted by Gasteiger charge is -2.38. The molecule has 1 atom stereocenters. The molecule has 39 heavy (non-hydrogen) atoms. The van der Waals surface area contributed by atoms with Crippen LogP contribution in [-0.4, -0.2) is 90.2 Å². The van der Waals surface area contributed by atoms with E-state index in [0.717, 1.165) is 27.2 Å². The first kappa shape index (κ1) is 26.5. The molecule has 4 aromatic rings. The number of rotatable bonds is 7. The minimum absolute atomic E-state index is 0.00235. The van der Waals surface area contributed by atoms with Gasteiger partial charge in [-0.25, -0.2) is 31.1 Å². The second-order valence-corrected chi connectivity index (χ2v) is 9.33. The van der Waals surface area contributed by atoms with Crippen molar-refractivity contribution in [3.63, 3.8) is 0 Å². The van der Waals surface area contributed by atoms with Crippen molar-refractivity contribution in [3.05, 3.63) is 30.2 Å². The Balaban J connectivity index is 1.50. The van der Waals surface area contributed by atoms with E-state index in [0.29, 0.717) is 5.52 Å². The zero-order valence-electron chi connectivity index (χ0n) is 20.7. The van der Waals surface area contributed by atoms with Crippen LogP contribution in [0.15, 0.2) is 24.4 Å².